The largest absolute Gasteiger partial charge is 0.313 e. The maximum atomic E-state index is 5.68. The van der Waals surface area contributed by atoms with Crippen LogP contribution in [0.3, 0.4) is 0 Å². The molecule has 2 nitrogen and oxygen atoms in total. The lowest BCUT2D eigenvalue weighted by molar-refractivity contribution is 0.907. The molecular formula is C10H13ClN2. The molecule has 0 aromatic heterocycles. The molecule has 1 rings (SSSR count). The van der Waals surface area contributed by atoms with E-state index in [-0.39, 0.29) is 0 Å². The molecule has 0 aliphatic carbocycles. The highest BCUT2D eigenvalue weighted by Crippen LogP contribution is 2.07. The van der Waals surface area contributed by atoms with Gasteiger partial charge in [0.2, 0.25) is 0 Å². The number of nitrogens with one attached hydrogen (secondary N) is 1. The van der Waals surface area contributed by atoms with Gasteiger partial charge in [0.1, 0.15) is 0 Å². The Labute approximate surface area is 83.6 Å². The summed E-state index contributed by atoms with van der Waals surface area (Å²) in [5.41, 5.74) is 5.08. The van der Waals surface area contributed by atoms with E-state index in [0.717, 1.165) is 12.0 Å². The van der Waals surface area contributed by atoms with Crippen LogP contribution in [0.2, 0.25) is 0 Å². The van der Waals surface area contributed by atoms with Crippen LogP contribution < -0.4 is 5.43 Å². The Morgan fingerprint density at radius 3 is 2.92 bits per heavy atom. The Bertz CT molecular complexity index is 284. The fourth-order valence-corrected chi connectivity index (χ4v) is 1.33. The molecule has 0 heterocycles. The highest BCUT2D eigenvalue weighted by Gasteiger charge is 1.97. The minimum absolute atomic E-state index is 0.643. The summed E-state index contributed by atoms with van der Waals surface area (Å²) in [6.07, 6.45) is 2.69. The Morgan fingerprint density at radius 2 is 2.23 bits per heavy atom. The first kappa shape index (κ1) is 10.1. The number of hydrazone groups is 1. The number of alkyl halides is 1. The van der Waals surface area contributed by atoms with E-state index in [9.17, 15) is 0 Å². The Kier molecular flexibility index (Phi) is 4.33. The molecule has 0 saturated carbocycles. The molecule has 0 saturated heterocycles. The van der Waals surface area contributed by atoms with E-state index in [1.165, 1.54) is 5.56 Å². The third-order valence-corrected chi connectivity index (χ3v) is 1.94. The zero-order valence-corrected chi connectivity index (χ0v) is 8.38. The standard InChI is InChI=1S/C10H13ClN2/c1-12-13-8-10-5-3-2-4-9(10)6-7-11/h2-5,8,12H,6-7H2,1H3/b13-8-. The van der Waals surface area contributed by atoms with E-state index in [0.29, 0.717) is 5.88 Å². The predicted octanol–water partition coefficient (Wildman–Crippen LogP) is 2.02. The topological polar surface area (TPSA) is 24.4 Å². The van der Waals surface area contributed by atoms with Gasteiger partial charge in [0.25, 0.3) is 0 Å². The molecule has 0 radical (unpaired) electrons. The third kappa shape index (κ3) is 3.07. The second kappa shape index (κ2) is 5.60. The molecule has 0 amide bonds. The van der Waals surface area contributed by atoms with Crippen molar-refractivity contribution in [1.82, 2.24) is 5.43 Å². The van der Waals surface area contributed by atoms with Crippen LogP contribution in [-0.4, -0.2) is 19.1 Å². The van der Waals surface area contributed by atoms with Crippen LogP contribution in [0.1, 0.15) is 11.1 Å². The number of nitrogens with zero attached hydrogens (tertiary/aromatic N) is 1. The molecule has 1 aromatic rings. The first-order chi connectivity index (χ1) is 6.38. The zero-order valence-electron chi connectivity index (χ0n) is 7.63. The Balaban J connectivity index is 2.84. The fraction of sp³-hybridized carbons (Fsp3) is 0.300. The Hall–Kier alpha value is -1.02. The van der Waals surface area contributed by atoms with Crippen molar-refractivity contribution < 1.29 is 0 Å². The van der Waals surface area contributed by atoms with Crippen molar-refractivity contribution in [3.05, 3.63) is 35.4 Å². The number of halogens is 1. The molecular weight excluding hydrogens is 184 g/mol. The molecule has 0 aliphatic rings. The smallest absolute Gasteiger partial charge is 0.0543 e. The fourth-order valence-electron chi connectivity index (χ4n) is 1.12. The van der Waals surface area contributed by atoms with Gasteiger partial charge in [-0.15, -0.1) is 11.6 Å². The van der Waals surface area contributed by atoms with E-state index in [1.807, 2.05) is 24.4 Å². The van der Waals surface area contributed by atoms with E-state index in [1.54, 1.807) is 7.05 Å². The number of benzene rings is 1. The highest BCUT2D eigenvalue weighted by molar-refractivity contribution is 6.18. The molecule has 0 fully saturated rings. The van der Waals surface area contributed by atoms with Gasteiger partial charge in [-0.1, -0.05) is 24.3 Å². The first-order valence-electron chi connectivity index (χ1n) is 4.22. The van der Waals surface area contributed by atoms with Gasteiger partial charge in [0.05, 0.1) is 6.21 Å². The molecule has 1 aromatic carbocycles. The number of rotatable bonds is 4. The predicted molar refractivity (Wildman–Crippen MR) is 57.5 cm³/mol. The average molecular weight is 197 g/mol. The normalized spacial score (nSPS) is 10.6. The maximum absolute atomic E-state index is 5.68. The molecule has 70 valence electrons. The van der Waals surface area contributed by atoms with E-state index in [2.05, 4.69) is 16.6 Å². The summed E-state index contributed by atoms with van der Waals surface area (Å²) in [6.45, 7) is 0. The second-order valence-corrected chi connectivity index (χ2v) is 3.00. The second-order valence-electron chi connectivity index (χ2n) is 2.62. The summed E-state index contributed by atoms with van der Waals surface area (Å²) in [6, 6.07) is 8.11. The molecule has 0 aliphatic heterocycles. The van der Waals surface area contributed by atoms with Crippen molar-refractivity contribution in [2.75, 3.05) is 12.9 Å². The number of aryl methyl sites for hydroxylation is 1. The quantitative estimate of drug-likeness (QED) is 0.445. The first-order valence-corrected chi connectivity index (χ1v) is 4.75. The van der Waals surface area contributed by atoms with Crippen LogP contribution in [0.25, 0.3) is 0 Å². The Morgan fingerprint density at radius 1 is 1.46 bits per heavy atom. The van der Waals surface area contributed by atoms with E-state index >= 15 is 0 Å². The monoisotopic (exact) mass is 196 g/mol. The maximum Gasteiger partial charge on any atom is 0.0543 e. The SMILES string of the molecule is CN/N=C\c1ccccc1CCCl. The van der Waals surface area contributed by atoms with Crippen molar-refractivity contribution in [1.29, 1.82) is 0 Å². The molecule has 1 N–H and O–H groups in total. The van der Waals surface area contributed by atoms with Gasteiger partial charge < -0.3 is 5.43 Å². The van der Waals surface area contributed by atoms with Crippen molar-refractivity contribution in [3.63, 3.8) is 0 Å². The van der Waals surface area contributed by atoms with Crippen LogP contribution in [0.4, 0.5) is 0 Å². The van der Waals surface area contributed by atoms with Crippen molar-refractivity contribution in [2.24, 2.45) is 5.10 Å². The molecule has 0 atom stereocenters. The summed E-state index contributed by atoms with van der Waals surface area (Å²) < 4.78 is 0. The molecule has 0 spiro atoms. The number of hydrogen-bond donors (Lipinski definition) is 1. The van der Waals surface area contributed by atoms with Gasteiger partial charge in [0.15, 0.2) is 0 Å². The van der Waals surface area contributed by atoms with Crippen LogP contribution in [0.15, 0.2) is 29.4 Å². The lowest BCUT2D eigenvalue weighted by Gasteiger charge is -2.01. The summed E-state index contributed by atoms with van der Waals surface area (Å²) in [7, 11) is 1.78. The summed E-state index contributed by atoms with van der Waals surface area (Å²) >= 11 is 5.68. The van der Waals surface area contributed by atoms with Crippen molar-refractivity contribution in [2.45, 2.75) is 6.42 Å². The van der Waals surface area contributed by atoms with E-state index < -0.39 is 0 Å². The van der Waals surface area contributed by atoms with Gasteiger partial charge >= 0.3 is 0 Å². The molecule has 0 bridgehead atoms. The van der Waals surface area contributed by atoms with Crippen LogP contribution in [-0.2, 0) is 6.42 Å². The lowest BCUT2D eigenvalue weighted by Crippen LogP contribution is -1.98. The average Bonchev–Trinajstić information content (AvgIpc) is 2.17. The van der Waals surface area contributed by atoms with Crippen LogP contribution in [0.5, 0.6) is 0 Å². The zero-order chi connectivity index (χ0) is 9.52. The molecule has 3 heteroatoms. The van der Waals surface area contributed by atoms with Gasteiger partial charge in [0, 0.05) is 12.9 Å². The van der Waals surface area contributed by atoms with Gasteiger partial charge in [-0.25, -0.2) is 0 Å². The lowest BCUT2D eigenvalue weighted by atomic mass is 10.1. The van der Waals surface area contributed by atoms with E-state index in [4.69, 9.17) is 11.6 Å². The minimum atomic E-state index is 0.643. The van der Waals surface area contributed by atoms with Crippen LogP contribution in [0, 0.1) is 0 Å². The highest BCUT2D eigenvalue weighted by atomic mass is 35.5. The minimum Gasteiger partial charge on any atom is -0.313 e. The van der Waals surface area contributed by atoms with Gasteiger partial charge in [-0.05, 0) is 17.5 Å². The van der Waals surface area contributed by atoms with Gasteiger partial charge in [-0.3, -0.25) is 0 Å². The van der Waals surface area contributed by atoms with Crippen molar-refractivity contribution >= 4 is 17.8 Å². The summed E-state index contributed by atoms with van der Waals surface area (Å²) in [5, 5.41) is 3.97. The number of hydrogen-bond acceptors (Lipinski definition) is 2. The van der Waals surface area contributed by atoms with Crippen molar-refractivity contribution in [3.8, 4) is 0 Å². The molecule has 0 unspecified atom stereocenters. The third-order valence-electron chi connectivity index (χ3n) is 1.75. The van der Waals surface area contributed by atoms with Crippen LogP contribution >= 0.6 is 11.6 Å². The summed E-state index contributed by atoms with van der Waals surface area (Å²) in [5.74, 6) is 0.643. The van der Waals surface area contributed by atoms with Gasteiger partial charge in [-0.2, -0.15) is 5.10 Å². The summed E-state index contributed by atoms with van der Waals surface area (Å²) in [4.78, 5) is 0. The molecule has 13 heavy (non-hydrogen) atoms.